The van der Waals surface area contributed by atoms with Crippen molar-refractivity contribution in [3.63, 3.8) is 0 Å². The van der Waals surface area contributed by atoms with Crippen LogP contribution < -0.4 is 9.47 Å². The molecular formula is C35H35Cl2N3O3. The lowest BCUT2D eigenvalue weighted by Gasteiger charge is -2.42. The van der Waals surface area contributed by atoms with Gasteiger partial charge in [0.15, 0.2) is 0 Å². The summed E-state index contributed by atoms with van der Waals surface area (Å²) in [5.41, 5.74) is 5.20. The van der Waals surface area contributed by atoms with E-state index in [2.05, 4.69) is 48.1 Å². The van der Waals surface area contributed by atoms with Crippen LogP contribution in [-0.2, 0) is 6.42 Å². The van der Waals surface area contributed by atoms with Gasteiger partial charge in [0, 0.05) is 34.9 Å². The molecule has 0 spiro atoms. The first-order valence-corrected chi connectivity index (χ1v) is 15.7. The molecule has 2 heterocycles. The minimum atomic E-state index is -0.355. The zero-order valence-electron chi connectivity index (χ0n) is 24.4. The van der Waals surface area contributed by atoms with Gasteiger partial charge in [-0.15, -0.1) is 0 Å². The first-order chi connectivity index (χ1) is 20.9. The van der Waals surface area contributed by atoms with Crippen molar-refractivity contribution in [3.8, 4) is 11.8 Å². The van der Waals surface area contributed by atoms with Crippen LogP contribution >= 0.6 is 23.2 Å². The summed E-state index contributed by atoms with van der Waals surface area (Å²) in [5.74, 6) is 2.18. The molecule has 0 bridgehead atoms. The third kappa shape index (κ3) is 6.51. The maximum atomic E-state index is 13.9. The first-order valence-electron chi connectivity index (χ1n) is 15.0. The van der Waals surface area contributed by atoms with E-state index < -0.39 is 0 Å². The van der Waals surface area contributed by atoms with E-state index in [-0.39, 0.29) is 18.1 Å². The van der Waals surface area contributed by atoms with Crippen molar-refractivity contribution in [1.29, 1.82) is 0 Å². The highest BCUT2D eigenvalue weighted by atomic mass is 35.5. The normalized spacial score (nSPS) is 22.2. The lowest BCUT2D eigenvalue weighted by atomic mass is 9.76. The highest BCUT2D eigenvalue weighted by molar-refractivity contribution is 6.31. The van der Waals surface area contributed by atoms with Gasteiger partial charge in [-0.3, -0.25) is 0 Å². The predicted octanol–water partition coefficient (Wildman–Crippen LogP) is 8.96. The molecule has 0 N–H and O–H groups in total. The standard InChI is InChI=1S/C35H35Cl2N3O3/c1-3-22(2)25-19-24-5-8-27(37)21-31(24)30-15-18-40(35(41)43-29-13-9-26(36)10-14-29)33(32(30)20-25)23-6-11-28(12-7-23)42-34-38-16-4-17-39-34/h4-6,8-14,16-17,21-23,25,33H,3,7,15,18-20H2,1-2H3. The summed E-state index contributed by atoms with van der Waals surface area (Å²) in [6, 6.07) is 15.1. The molecule has 6 nitrogen and oxygen atoms in total. The summed E-state index contributed by atoms with van der Waals surface area (Å²) < 4.78 is 11.8. The Bertz CT molecular complexity index is 1570. The summed E-state index contributed by atoms with van der Waals surface area (Å²) in [4.78, 5) is 24.2. The van der Waals surface area contributed by atoms with Gasteiger partial charge in [-0.2, -0.15) is 0 Å². The van der Waals surface area contributed by atoms with Crippen LogP contribution in [0.25, 0.3) is 5.57 Å². The number of halogens is 2. The molecule has 2 aliphatic carbocycles. The lowest BCUT2D eigenvalue weighted by Crippen LogP contribution is -2.50. The Kier molecular flexibility index (Phi) is 8.87. The van der Waals surface area contributed by atoms with Crippen LogP contribution in [-0.4, -0.2) is 33.5 Å². The van der Waals surface area contributed by atoms with Crippen molar-refractivity contribution in [2.75, 3.05) is 6.54 Å². The fourth-order valence-electron chi connectivity index (χ4n) is 6.56. The van der Waals surface area contributed by atoms with Gasteiger partial charge < -0.3 is 14.4 Å². The van der Waals surface area contributed by atoms with Gasteiger partial charge in [0.05, 0.1) is 6.04 Å². The number of ether oxygens (including phenoxy) is 2. The van der Waals surface area contributed by atoms with E-state index in [1.807, 2.05) is 17.0 Å². The van der Waals surface area contributed by atoms with Crippen LogP contribution in [0.1, 0.15) is 50.7 Å². The van der Waals surface area contributed by atoms with Crippen LogP contribution in [0.15, 0.2) is 90.5 Å². The third-order valence-corrected chi connectivity index (χ3v) is 9.49. The number of carbonyl (C=O) groups is 1. The molecule has 4 unspecified atom stereocenters. The molecule has 3 aliphatic rings. The van der Waals surface area contributed by atoms with Crippen LogP contribution in [0.3, 0.4) is 0 Å². The fourth-order valence-corrected chi connectivity index (χ4v) is 6.86. The zero-order valence-corrected chi connectivity index (χ0v) is 25.9. The van der Waals surface area contributed by atoms with Crippen molar-refractivity contribution in [3.05, 3.63) is 112 Å². The molecule has 43 heavy (non-hydrogen) atoms. The quantitative estimate of drug-likeness (QED) is 0.277. The Hall–Kier alpha value is -3.61. The maximum Gasteiger partial charge on any atom is 0.415 e. The summed E-state index contributed by atoms with van der Waals surface area (Å²) in [6.07, 6.45) is 13.6. The van der Waals surface area contributed by atoms with Crippen molar-refractivity contribution in [2.24, 2.45) is 17.8 Å². The van der Waals surface area contributed by atoms with Crippen LogP contribution in [0.5, 0.6) is 11.8 Å². The Balaban J connectivity index is 1.38. The van der Waals surface area contributed by atoms with E-state index in [1.54, 1.807) is 42.7 Å². The van der Waals surface area contributed by atoms with Crippen molar-refractivity contribution >= 4 is 34.9 Å². The number of fused-ring (bicyclic) bond motifs is 2. The number of rotatable bonds is 6. The monoisotopic (exact) mass is 615 g/mol. The highest BCUT2D eigenvalue weighted by Crippen LogP contribution is 2.46. The number of allylic oxidation sites excluding steroid dienone is 2. The van der Waals surface area contributed by atoms with Crippen LogP contribution in [0, 0.1) is 17.8 Å². The van der Waals surface area contributed by atoms with Crippen LogP contribution in [0.4, 0.5) is 4.79 Å². The second kappa shape index (κ2) is 12.9. The molecule has 0 radical (unpaired) electrons. The number of hydrogen-bond acceptors (Lipinski definition) is 5. The maximum absolute atomic E-state index is 13.9. The van der Waals surface area contributed by atoms with E-state index in [0.29, 0.717) is 47.3 Å². The van der Waals surface area contributed by atoms with Gasteiger partial charge in [0.1, 0.15) is 11.5 Å². The second-order valence-electron chi connectivity index (χ2n) is 11.6. The predicted molar refractivity (Wildman–Crippen MR) is 170 cm³/mol. The number of nitrogens with zero attached hydrogens (tertiary/aromatic N) is 3. The zero-order chi connectivity index (χ0) is 29.9. The molecule has 0 fully saturated rings. The summed E-state index contributed by atoms with van der Waals surface area (Å²) in [6.45, 7) is 5.15. The topological polar surface area (TPSA) is 64.6 Å². The fraction of sp³-hybridized carbons (Fsp3) is 0.343. The van der Waals surface area contributed by atoms with Gasteiger partial charge in [-0.25, -0.2) is 14.8 Å². The molecule has 4 atom stereocenters. The highest BCUT2D eigenvalue weighted by Gasteiger charge is 2.41. The smallest absolute Gasteiger partial charge is 0.415 e. The Morgan fingerprint density at radius 1 is 1.07 bits per heavy atom. The second-order valence-corrected chi connectivity index (χ2v) is 12.4. The van der Waals surface area contributed by atoms with Gasteiger partial charge in [-0.1, -0.05) is 55.6 Å². The van der Waals surface area contributed by atoms with Crippen molar-refractivity contribution in [1.82, 2.24) is 14.9 Å². The van der Waals surface area contributed by atoms with Gasteiger partial charge >= 0.3 is 12.1 Å². The average Bonchev–Trinajstić information content (AvgIpc) is 3.19. The average molecular weight is 617 g/mol. The summed E-state index contributed by atoms with van der Waals surface area (Å²) >= 11 is 12.7. The molecule has 1 aliphatic heterocycles. The van der Waals surface area contributed by atoms with Gasteiger partial charge in [-0.05, 0) is 114 Å². The van der Waals surface area contributed by atoms with E-state index >= 15 is 0 Å². The first kappa shape index (κ1) is 29.5. The molecule has 3 aromatic rings. The molecular weight excluding hydrogens is 581 g/mol. The minimum Gasteiger partial charge on any atom is -0.425 e. The Morgan fingerprint density at radius 3 is 2.56 bits per heavy atom. The Morgan fingerprint density at radius 2 is 1.84 bits per heavy atom. The number of carbonyl (C=O) groups excluding carboxylic acids is 1. The number of benzene rings is 2. The van der Waals surface area contributed by atoms with Crippen molar-refractivity contribution in [2.45, 2.75) is 52.0 Å². The number of hydrogen-bond donors (Lipinski definition) is 0. The van der Waals surface area contributed by atoms with Crippen molar-refractivity contribution < 1.29 is 14.3 Å². The van der Waals surface area contributed by atoms with Gasteiger partial charge in [0.25, 0.3) is 0 Å². The van der Waals surface area contributed by atoms with Crippen LogP contribution in [0.2, 0.25) is 10.0 Å². The van der Waals surface area contributed by atoms with E-state index in [9.17, 15) is 4.79 Å². The number of amides is 1. The number of aromatic nitrogens is 2. The third-order valence-electron chi connectivity index (χ3n) is 9.00. The largest absolute Gasteiger partial charge is 0.425 e. The molecule has 0 saturated heterocycles. The van der Waals surface area contributed by atoms with E-state index in [1.165, 1.54) is 22.3 Å². The van der Waals surface area contributed by atoms with Gasteiger partial charge in [0.2, 0.25) is 0 Å². The SMILES string of the molecule is CCC(C)C1CC2=C(CCN(C(=O)Oc3ccc(Cl)cc3)C2C2C=CC(Oc3ncccn3)=CC2)c2cc(Cl)ccc2C1. The molecule has 222 valence electrons. The summed E-state index contributed by atoms with van der Waals surface area (Å²) in [7, 11) is 0. The van der Waals surface area contributed by atoms with E-state index in [0.717, 1.165) is 30.7 Å². The molecule has 6 rings (SSSR count). The summed E-state index contributed by atoms with van der Waals surface area (Å²) in [5, 5.41) is 1.33. The molecule has 1 amide bonds. The molecule has 1 aromatic heterocycles. The Labute approximate surface area is 263 Å². The minimum absolute atomic E-state index is 0.0328. The molecule has 8 heteroatoms. The molecule has 2 aromatic carbocycles. The molecule has 0 saturated carbocycles. The lowest BCUT2D eigenvalue weighted by molar-refractivity contribution is 0.123. The van der Waals surface area contributed by atoms with E-state index in [4.69, 9.17) is 32.7 Å².